The van der Waals surface area contributed by atoms with Gasteiger partial charge >= 0.3 is 0 Å². The maximum absolute atomic E-state index is 14.3. The summed E-state index contributed by atoms with van der Waals surface area (Å²) in [5.41, 5.74) is 0.964. The largest absolute Gasteiger partial charge is 0.497 e. The van der Waals surface area contributed by atoms with E-state index in [1.165, 1.54) is 37.3 Å². The van der Waals surface area contributed by atoms with Gasteiger partial charge in [-0.15, -0.1) is 0 Å². The lowest BCUT2D eigenvalue weighted by atomic mass is 10.1. The Morgan fingerprint density at radius 3 is 2.16 bits per heavy atom. The molecule has 0 radical (unpaired) electrons. The van der Waals surface area contributed by atoms with E-state index in [0.717, 1.165) is 16.3 Å². The van der Waals surface area contributed by atoms with Crippen molar-refractivity contribution in [2.45, 2.75) is 51.1 Å². The van der Waals surface area contributed by atoms with Crippen LogP contribution < -0.4 is 28.6 Å². The van der Waals surface area contributed by atoms with Gasteiger partial charge in [0, 0.05) is 19.2 Å². The second-order valence-electron chi connectivity index (χ2n) is 10.0. The van der Waals surface area contributed by atoms with Crippen molar-refractivity contribution >= 4 is 27.5 Å². The minimum Gasteiger partial charge on any atom is -0.497 e. The average Bonchev–Trinajstić information content (AvgIpc) is 3.06. The zero-order chi connectivity index (χ0) is 33.0. The Balaban J connectivity index is 2.11. The number of anilines is 1. The number of hydrogen-bond donors (Lipinski definition) is 1. The van der Waals surface area contributed by atoms with Crippen LogP contribution in [0.5, 0.6) is 23.0 Å². The van der Waals surface area contributed by atoms with Crippen LogP contribution in [0.4, 0.5) is 5.69 Å². The molecule has 0 spiro atoms. The number of nitrogens with one attached hydrogen (secondary N) is 1. The molecule has 0 unspecified atom stereocenters. The minimum absolute atomic E-state index is 0.0572. The number of hydrogen-bond acceptors (Lipinski definition) is 8. The quantitative estimate of drug-likeness (QED) is 0.226. The smallest absolute Gasteiger partial charge is 0.264 e. The summed E-state index contributed by atoms with van der Waals surface area (Å²) >= 11 is 0. The van der Waals surface area contributed by atoms with Gasteiger partial charge in [0.15, 0.2) is 11.5 Å². The van der Waals surface area contributed by atoms with Crippen molar-refractivity contribution in [3.63, 3.8) is 0 Å². The third-order valence-electron chi connectivity index (χ3n) is 7.08. The number of sulfonamides is 1. The van der Waals surface area contributed by atoms with Crippen LogP contribution in [0, 0.1) is 0 Å². The number of benzene rings is 3. The molecule has 2 amide bonds. The number of amides is 2. The number of methoxy groups -OCH3 is 3. The average molecular weight is 642 g/mol. The summed E-state index contributed by atoms with van der Waals surface area (Å²) in [5.74, 6) is 0.841. The van der Waals surface area contributed by atoms with Gasteiger partial charge in [0.05, 0.1) is 38.5 Å². The Labute approximate surface area is 266 Å². The number of carbonyl (C=O) groups excluding carboxylic acids is 2. The normalized spacial score (nSPS) is 11.7. The molecule has 0 aromatic heterocycles. The summed E-state index contributed by atoms with van der Waals surface area (Å²) in [7, 11) is 0.0802. The molecule has 0 aliphatic carbocycles. The first kappa shape index (κ1) is 35.0. The predicted molar refractivity (Wildman–Crippen MR) is 173 cm³/mol. The number of rotatable bonds is 17. The minimum atomic E-state index is -4.33. The zero-order valence-corrected chi connectivity index (χ0v) is 27.6. The first-order chi connectivity index (χ1) is 21.6. The fourth-order valence-corrected chi connectivity index (χ4v) is 6.19. The van der Waals surface area contributed by atoms with E-state index in [4.69, 9.17) is 18.9 Å². The molecule has 244 valence electrons. The third-order valence-corrected chi connectivity index (χ3v) is 8.85. The highest BCUT2D eigenvalue weighted by molar-refractivity contribution is 7.92. The number of ether oxygens (including phenoxy) is 4. The summed E-state index contributed by atoms with van der Waals surface area (Å²) in [4.78, 5) is 28.9. The fraction of sp³-hybridized carbons (Fsp3) is 0.394. The van der Waals surface area contributed by atoms with E-state index in [2.05, 4.69) is 5.32 Å². The molecule has 11 nitrogen and oxygen atoms in total. The highest BCUT2D eigenvalue weighted by Crippen LogP contribution is 2.33. The van der Waals surface area contributed by atoms with E-state index in [9.17, 15) is 18.0 Å². The second kappa shape index (κ2) is 16.6. The van der Waals surface area contributed by atoms with Crippen LogP contribution in [-0.2, 0) is 26.2 Å². The monoisotopic (exact) mass is 641 g/mol. The van der Waals surface area contributed by atoms with Crippen LogP contribution in [0.1, 0.15) is 39.2 Å². The van der Waals surface area contributed by atoms with Crippen molar-refractivity contribution in [1.82, 2.24) is 10.2 Å². The predicted octanol–water partition coefficient (Wildman–Crippen LogP) is 4.64. The van der Waals surface area contributed by atoms with Gasteiger partial charge < -0.3 is 29.2 Å². The van der Waals surface area contributed by atoms with Gasteiger partial charge in [0.1, 0.15) is 24.1 Å². The van der Waals surface area contributed by atoms with Gasteiger partial charge in [-0.2, -0.15) is 0 Å². The van der Waals surface area contributed by atoms with E-state index in [0.29, 0.717) is 36.8 Å². The molecule has 1 atom stereocenters. The molecular weight excluding hydrogens is 598 g/mol. The summed E-state index contributed by atoms with van der Waals surface area (Å²) in [6, 6.07) is 17.0. The van der Waals surface area contributed by atoms with Crippen LogP contribution in [0.2, 0.25) is 0 Å². The molecule has 45 heavy (non-hydrogen) atoms. The van der Waals surface area contributed by atoms with Gasteiger partial charge in [-0.05, 0) is 73.9 Å². The third kappa shape index (κ3) is 8.81. The molecule has 0 saturated heterocycles. The molecule has 3 aromatic rings. The lowest BCUT2D eigenvalue weighted by Crippen LogP contribution is -2.52. The molecule has 3 aromatic carbocycles. The molecule has 12 heteroatoms. The number of nitrogens with zero attached hydrogens (tertiary/aromatic N) is 2. The van der Waals surface area contributed by atoms with Gasteiger partial charge in [0.25, 0.3) is 10.0 Å². The number of carbonyl (C=O) groups is 2. The lowest BCUT2D eigenvalue weighted by Gasteiger charge is -2.33. The summed E-state index contributed by atoms with van der Waals surface area (Å²) in [6.07, 6.45) is 1.04. The molecule has 0 heterocycles. The molecule has 1 N–H and O–H groups in total. The molecule has 0 fully saturated rings. The first-order valence-electron chi connectivity index (χ1n) is 14.8. The lowest BCUT2D eigenvalue weighted by molar-refractivity contribution is -0.140. The van der Waals surface area contributed by atoms with E-state index in [1.807, 2.05) is 26.8 Å². The fourth-order valence-electron chi connectivity index (χ4n) is 4.76. The van der Waals surface area contributed by atoms with Crippen LogP contribution in [-0.4, -0.2) is 72.2 Å². The van der Waals surface area contributed by atoms with E-state index >= 15 is 0 Å². The Hall–Kier alpha value is -4.45. The summed E-state index contributed by atoms with van der Waals surface area (Å²) < 4.78 is 51.1. The molecule has 0 aliphatic rings. The second-order valence-corrected chi connectivity index (χ2v) is 11.9. The van der Waals surface area contributed by atoms with Gasteiger partial charge in [-0.25, -0.2) is 8.42 Å². The summed E-state index contributed by atoms with van der Waals surface area (Å²) in [5, 5.41) is 2.88. The van der Waals surface area contributed by atoms with Crippen molar-refractivity contribution in [2.24, 2.45) is 0 Å². The Morgan fingerprint density at radius 1 is 0.844 bits per heavy atom. The Morgan fingerprint density at radius 2 is 1.56 bits per heavy atom. The highest BCUT2D eigenvalue weighted by atomic mass is 32.2. The van der Waals surface area contributed by atoms with Crippen molar-refractivity contribution in [2.75, 3.05) is 45.3 Å². The van der Waals surface area contributed by atoms with E-state index in [-0.39, 0.29) is 28.8 Å². The zero-order valence-electron chi connectivity index (χ0n) is 26.7. The Bertz CT molecular complexity index is 1530. The van der Waals surface area contributed by atoms with Gasteiger partial charge in [0.2, 0.25) is 11.8 Å². The molecule has 3 rings (SSSR count). The maximum atomic E-state index is 14.3. The maximum Gasteiger partial charge on any atom is 0.264 e. The SMILES string of the molecule is CCCNC(=O)[C@@H](CC)N(Cc1cccc(OC)c1)C(=O)CN(c1ccc(OCC)cc1)S(=O)(=O)c1ccc(OC)c(OC)c1. The van der Waals surface area contributed by atoms with Crippen LogP contribution in [0.15, 0.2) is 71.6 Å². The standard InChI is InChI=1S/C33H43N3O8S/c1-7-19-34-33(38)29(8-2)35(22-24-11-10-12-27(20-24)41-4)32(37)23-36(25-13-15-26(16-14-25)44-9-3)45(39,40)28-17-18-30(42-5)31(21-28)43-6/h10-18,20-21,29H,7-9,19,22-23H2,1-6H3,(H,34,38)/t29-/m1/s1. The highest BCUT2D eigenvalue weighted by Gasteiger charge is 2.34. The van der Waals surface area contributed by atoms with Gasteiger partial charge in [-0.1, -0.05) is 26.0 Å². The molecule has 0 bridgehead atoms. The van der Waals surface area contributed by atoms with Crippen LogP contribution >= 0.6 is 0 Å². The van der Waals surface area contributed by atoms with Crippen LogP contribution in [0.25, 0.3) is 0 Å². The molecular formula is C33H43N3O8S. The topological polar surface area (TPSA) is 124 Å². The summed E-state index contributed by atoms with van der Waals surface area (Å²) in [6.45, 7) is 5.96. The molecule has 0 saturated carbocycles. The van der Waals surface area contributed by atoms with E-state index in [1.54, 1.807) is 49.6 Å². The van der Waals surface area contributed by atoms with Crippen molar-refractivity contribution in [1.29, 1.82) is 0 Å². The Kier molecular flexibility index (Phi) is 12.9. The van der Waals surface area contributed by atoms with Crippen molar-refractivity contribution in [3.8, 4) is 23.0 Å². The van der Waals surface area contributed by atoms with Crippen molar-refractivity contribution in [3.05, 3.63) is 72.3 Å². The molecule has 0 aliphatic heterocycles. The van der Waals surface area contributed by atoms with Crippen LogP contribution in [0.3, 0.4) is 0 Å². The van der Waals surface area contributed by atoms with Gasteiger partial charge in [-0.3, -0.25) is 13.9 Å². The van der Waals surface area contributed by atoms with E-state index < -0.39 is 28.5 Å². The first-order valence-corrected chi connectivity index (χ1v) is 16.2. The van der Waals surface area contributed by atoms with Crippen molar-refractivity contribution < 1.29 is 37.0 Å².